The van der Waals surface area contributed by atoms with Gasteiger partial charge in [-0.25, -0.2) is 5.43 Å². The standard InChI is InChI=1S/C17H17BrN2O3/c1-22-15-7-8-16(23-2)13(10-15)11-19-20-17(21)9-12-3-5-14(18)6-4-12/h3-8,10-11H,9H2,1-2H3,(H,20,21)/b19-11+. The Bertz CT molecular complexity index is 699. The molecular weight excluding hydrogens is 360 g/mol. The van der Waals surface area contributed by atoms with E-state index in [4.69, 9.17) is 9.47 Å². The molecular formula is C17H17BrN2O3. The van der Waals surface area contributed by atoms with Crippen LogP contribution in [0.4, 0.5) is 0 Å². The van der Waals surface area contributed by atoms with Crippen molar-refractivity contribution in [3.8, 4) is 11.5 Å². The lowest BCUT2D eigenvalue weighted by Crippen LogP contribution is -2.19. The molecule has 0 heterocycles. The smallest absolute Gasteiger partial charge is 0.244 e. The first-order valence-electron chi connectivity index (χ1n) is 6.90. The lowest BCUT2D eigenvalue weighted by atomic mass is 10.1. The number of carbonyl (C=O) groups is 1. The Morgan fingerprint density at radius 2 is 1.91 bits per heavy atom. The van der Waals surface area contributed by atoms with E-state index in [1.165, 1.54) is 6.21 Å². The van der Waals surface area contributed by atoms with Gasteiger partial charge in [0.05, 0.1) is 26.9 Å². The van der Waals surface area contributed by atoms with Crippen LogP contribution in [0.3, 0.4) is 0 Å². The molecule has 0 bridgehead atoms. The van der Waals surface area contributed by atoms with Crippen molar-refractivity contribution in [3.63, 3.8) is 0 Å². The zero-order valence-electron chi connectivity index (χ0n) is 12.9. The normalized spacial score (nSPS) is 10.6. The van der Waals surface area contributed by atoms with Crippen LogP contribution in [0.25, 0.3) is 0 Å². The minimum absolute atomic E-state index is 0.189. The third kappa shape index (κ3) is 5.10. The summed E-state index contributed by atoms with van der Waals surface area (Å²) >= 11 is 3.36. The van der Waals surface area contributed by atoms with E-state index < -0.39 is 0 Å². The van der Waals surface area contributed by atoms with Crippen LogP contribution in [0.15, 0.2) is 52.0 Å². The molecule has 0 aromatic heterocycles. The highest BCUT2D eigenvalue weighted by Gasteiger charge is 2.04. The molecule has 0 radical (unpaired) electrons. The highest BCUT2D eigenvalue weighted by atomic mass is 79.9. The van der Waals surface area contributed by atoms with Crippen LogP contribution in [-0.2, 0) is 11.2 Å². The van der Waals surface area contributed by atoms with Gasteiger partial charge in [0.25, 0.3) is 0 Å². The number of nitrogens with one attached hydrogen (secondary N) is 1. The van der Waals surface area contributed by atoms with Crippen LogP contribution in [0, 0.1) is 0 Å². The molecule has 0 unspecified atom stereocenters. The highest BCUT2D eigenvalue weighted by Crippen LogP contribution is 2.22. The third-order valence-corrected chi connectivity index (χ3v) is 3.64. The number of rotatable bonds is 6. The van der Waals surface area contributed by atoms with Gasteiger partial charge in [-0.3, -0.25) is 4.79 Å². The quantitative estimate of drug-likeness (QED) is 0.622. The number of hydrazone groups is 1. The minimum atomic E-state index is -0.189. The Morgan fingerprint density at radius 3 is 2.57 bits per heavy atom. The van der Waals surface area contributed by atoms with E-state index in [9.17, 15) is 4.79 Å². The van der Waals surface area contributed by atoms with E-state index >= 15 is 0 Å². The summed E-state index contributed by atoms with van der Waals surface area (Å²) in [6.45, 7) is 0. The molecule has 1 N–H and O–H groups in total. The number of amides is 1. The van der Waals surface area contributed by atoms with Gasteiger partial charge in [0.2, 0.25) is 5.91 Å². The Morgan fingerprint density at radius 1 is 1.17 bits per heavy atom. The number of ether oxygens (including phenoxy) is 2. The predicted octanol–water partition coefficient (Wildman–Crippen LogP) is 3.16. The maximum Gasteiger partial charge on any atom is 0.244 e. The third-order valence-electron chi connectivity index (χ3n) is 3.11. The van der Waals surface area contributed by atoms with Gasteiger partial charge < -0.3 is 9.47 Å². The lowest BCUT2D eigenvalue weighted by Gasteiger charge is -2.06. The van der Waals surface area contributed by atoms with Crippen molar-refractivity contribution < 1.29 is 14.3 Å². The van der Waals surface area contributed by atoms with Gasteiger partial charge in [-0.15, -0.1) is 0 Å². The van der Waals surface area contributed by atoms with Crippen molar-refractivity contribution in [2.45, 2.75) is 6.42 Å². The van der Waals surface area contributed by atoms with Crippen LogP contribution >= 0.6 is 15.9 Å². The summed E-state index contributed by atoms with van der Waals surface area (Å²) in [6, 6.07) is 12.9. The summed E-state index contributed by atoms with van der Waals surface area (Å²) in [6.07, 6.45) is 1.79. The van der Waals surface area contributed by atoms with Crippen LogP contribution in [-0.4, -0.2) is 26.3 Å². The summed E-state index contributed by atoms with van der Waals surface area (Å²) in [5.74, 6) is 1.15. The Labute approximate surface area is 143 Å². The average molecular weight is 377 g/mol. The van der Waals surface area contributed by atoms with Gasteiger partial charge in [0.1, 0.15) is 11.5 Å². The van der Waals surface area contributed by atoms with Gasteiger partial charge in [0, 0.05) is 10.0 Å². The molecule has 0 aliphatic heterocycles. The molecule has 0 spiro atoms. The SMILES string of the molecule is COc1ccc(OC)c(/C=N/NC(=O)Cc2ccc(Br)cc2)c1. The van der Waals surface area contributed by atoms with E-state index in [1.807, 2.05) is 24.3 Å². The molecule has 23 heavy (non-hydrogen) atoms. The van der Waals surface area contributed by atoms with E-state index in [0.717, 1.165) is 15.6 Å². The molecule has 0 aliphatic carbocycles. The van der Waals surface area contributed by atoms with Gasteiger partial charge in [-0.05, 0) is 35.9 Å². The zero-order valence-corrected chi connectivity index (χ0v) is 14.5. The van der Waals surface area contributed by atoms with E-state index in [2.05, 4.69) is 26.5 Å². The molecule has 120 valence electrons. The average Bonchev–Trinajstić information content (AvgIpc) is 2.57. The van der Waals surface area contributed by atoms with Crippen molar-refractivity contribution in [2.75, 3.05) is 14.2 Å². The number of carbonyl (C=O) groups excluding carboxylic acids is 1. The number of methoxy groups -OCH3 is 2. The second-order valence-corrected chi connectivity index (χ2v) is 5.62. The predicted molar refractivity (Wildman–Crippen MR) is 93.1 cm³/mol. The van der Waals surface area contributed by atoms with Gasteiger partial charge in [-0.2, -0.15) is 5.10 Å². The van der Waals surface area contributed by atoms with Gasteiger partial charge in [0.15, 0.2) is 0 Å². The molecule has 6 heteroatoms. The molecule has 1 amide bonds. The molecule has 0 saturated carbocycles. The van der Waals surface area contributed by atoms with E-state index in [0.29, 0.717) is 11.5 Å². The van der Waals surface area contributed by atoms with Crippen molar-refractivity contribution in [1.29, 1.82) is 0 Å². The topological polar surface area (TPSA) is 59.9 Å². The Kier molecular flexibility index (Phi) is 6.17. The number of hydrogen-bond donors (Lipinski definition) is 1. The molecule has 0 aliphatic rings. The first-order chi connectivity index (χ1) is 11.1. The van der Waals surface area contributed by atoms with Crippen LogP contribution in [0.1, 0.15) is 11.1 Å². The summed E-state index contributed by atoms with van der Waals surface area (Å²) < 4.78 is 11.4. The number of halogens is 1. The molecule has 2 aromatic rings. The molecule has 2 rings (SSSR count). The number of benzene rings is 2. The first kappa shape index (κ1) is 17.0. The molecule has 2 aromatic carbocycles. The summed E-state index contributed by atoms with van der Waals surface area (Å²) in [5, 5.41) is 3.97. The number of hydrogen-bond acceptors (Lipinski definition) is 4. The Balaban J connectivity index is 1.98. The van der Waals surface area contributed by atoms with E-state index in [-0.39, 0.29) is 12.3 Å². The first-order valence-corrected chi connectivity index (χ1v) is 7.70. The summed E-state index contributed by atoms with van der Waals surface area (Å²) in [7, 11) is 3.16. The van der Waals surface area contributed by atoms with E-state index in [1.54, 1.807) is 32.4 Å². The molecule has 0 fully saturated rings. The van der Waals surface area contributed by atoms with Crippen molar-refractivity contribution in [2.24, 2.45) is 5.10 Å². The fourth-order valence-corrected chi connectivity index (χ4v) is 2.21. The summed E-state index contributed by atoms with van der Waals surface area (Å²) in [4.78, 5) is 11.9. The fraction of sp³-hybridized carbons (Fsp3) is 0.176. The maximum absolute atomic E-state index is 11.9. The fourth-order valence-electron chi connectivity index (χ4n) is 1.94. The van der Waals surface area contributed by atoms with Crippen LogP contribution in [0.2, 0.25) is 0 Å². The second kappa shape index (κ2) is 8.33. The van der Waals surface area contributed by atoms with Crippen molar-refractivity contribution >= 4 is 28.1 Å². The highest BCUT2D eigenvalue weighted by molar-refractivity contribution is 9.10. The van der Waals surface area contributed by atoms with Crippen molar-refractivity contribution in [1.82, 2.24) is 5.43 Å². The number of nitrogens with zero attached hydrogens (tertiary/aromatic N) is 1. The molecule has 0 saturated heterocycles. The maximum atomic E-state index is 11.9. The van der Waals surface area contributed by atoms with Gasteiger partial charge in [-0.1, -0.05) is 28.1 Å². The minimum Gasteiger partial charge on any atom is -0.497 e. The molecule has 0 atom stereocenters. The Hall–Kier alpha value is -2.34. The monoisotopic (exact) mass is 376 g/mol. The lowest BCUT2D eigenvalue weighted by molar-refractivity contribution is -0.120. The summed E-state index contributed by atoms with van der Waals surface area (Å²) in [5.41, 5.74) is 4.14. The van der Waals surface area contributed by atoms with Crippen LogP contribution in [0.5, 0.6) is 11.5 Å². The van der Waals surface area contributed by atoms with Crippen molar-refractivity contribution in [3.05, 3.63) is 58.1 Å². The largest absolute Gasteiger partial charge is 0.497 e. The van der Waals surface area contributed by atoms with Gasteiger partial charge >= 0.3 is 0 Å². The zero-order chi connectivity index (χ0) is 16.7. The van der Waals surface area contributed by atoms with Crippen LogP contribution < -0.4 is 14.9 Å². The second-order valence-electron chi connectivity index (χ2n) is 4.70. The molecule has 5 nitrogen and oxygen atoms in total.